The van der Waals surface area contributed by atoms with Crippen molar-refractivity contribution in [2.75, 3.05) is 7.05 Å². The van der Waals surface area contributed by atoms with E-state index in [0.29, 0.717) is 6.04 Å². The van der Waals surface area contributed by atoms with Crippen LogP contribution in [0.2, 0.25) is 0 Å². The Bertz CT molecular complexity index is 536. The van der Waals surface area contributed by atoms with Crippen molar-refractivity contribution >= 4 is 27.3 Å². The summed E-state index contributed by atoms with van der Waals surface area (Å²) in [6.45, 7) is 6.49. The van der Waals surface area contributed by atoms with Crippen LogP contribution in [-0.2, 0) is 0 Å². The third-order valence-electron chi connectivity index (χ3n) is 3.16. The van der Waals surface area contributed by atoms with Crippen molar-refractivity contribution in [1.82, 2.24) is 5.32 Å². The Hall–Kier alpha value is -0.640. The molecule has 1 heterocycles. The van der Waals surface area contributed by atoms with E-state index in [2.05, 4.69) is 66.3 Å². The molecule has 0 radical (unpaired) electrons. The van der Waals surface area contributed by atoms with E-state index in [1.54, 1.807) is 0 Å². The SMILES string of the molecule is CNC(C)c1ccc(-c2c(C)cc(C)cc2Br)s1. The molecular formula is C15H18BrNS. The zero-order valence-electron chi connectivity index (χ0n) is 11.2. The minimum Gasteiger partial charge on any atom is -0.313 e. The lowest BCUT2D eigenvalue weighted by molar-refractivity contribution is 0.664. The molecule has 3 heteroatoms. The first kappa shape index (κ1) is 13.8. The van der Waals surface area contributed by atoms with E-state index in [-0.39, 0.29) is 0 Å². The van der Waals surface area contributed by atoms with Crippen LogP contribution >= 0.6 is 27.3 Å². The van der Waals surface area contributed by atoms with E-state index < -0.39 is 0 Å². The molecule has 0 amide bonds. The standard InChI is InChI=1S/C15H18BrNS/c1-9-7-10(2)15(12(16)8-9)14-6-5-13(18-14)11(3)17-4/h5-8,11,17H,1-4H3. The second kappa shape index (κ2) is 5.55. The third-order valence-corrected chi connectivity index (χ3v) is 5.08. The number of hydrogen-bond acceptors (Lipinski definition) is 2. The first-order chi connectivity index (χ1) is 8.52. The van der Waals surface area contributed by atoms with E-state index in [4.69, 9.17) is 0 Å². The highest BCUT2D eigenvalue weighted by Crippen LogP contribution is 2.38. The fourth-order valence-corrected chi connectivity index (χ4v) is 4.30. The number of nitrogens with one attached hydrogen (secondary N) is 1. The fourth-order valence-electron chi connectivity index (χ4n) is 2.09. The third kappa shape index (κ3) is 2.68. The molecule has 0 aliphatic rings. The van der Waals surface area contributed by atoms with Crippen molar-refractivity contribution in [3.05, 3.63) is 44.7 Å². The second-order valence-corrected chi connectivity index (χ2v) is 6.62. The summed E-state index contributed by atoms with van der Waals surface area (Å²) in [5, 5.41) is 3.28. The summed E-state index contributed by atoms with van der Waals surface area (Å²) in [4.78, 5) is 2.70. The number of halogens is 1. The first-order valence-electron chi connectivity index (χ1n) is 6.07. The summed E-state index contributed by atoms with van der Waals surface area (Å²) in [6, 6.07) is 9.26. The molecule has 0 fully saturated rings. The lowest BCUT2D eigenvalue weighted by atomic mass is 10.0. The van der Waals surface area contributed by atoms with Gasteiger partial charge < -0.3 is 5.32 Å². The summed E-state index contributed by atoms with van der Waals surface area (Å²) in [5.41, 5.74) is 3.94. The maximum absolute atomic E-state index is 3.69. The maximum Gasteiger partial charge on any atom is 0.0383 e. The largest absolute Gasteiger partial charge is 0.313 e. The van der Waals surface area contributed by atoms with Gasteiger partial charge in [0.05, 0.1) is 0 Å². The molecule has 1 aromatic carbocycles. The molecule has 18 heavy (non-hydrogen) atoms. The summed E-state index contributed by atoms with van der Waals surface area (Å²) in [7, 11) is 2.00. The minimum absolute atomic E-state index is 0.410. The summed E-state index contributed by atoms with van der Waals surface area (Å²) < 4.78 is 1.19. The maximum atomic E-state index is 3.69. The highest BCUT2D eigenvalue weighted by Gasteiger charge is 2.12. The topological polar surface area (TPSA) is 12.0 Å². The molecule has 1 nitrogen and oxygen atoms in total. The van der Waals surface area contributed by atoms with E-state index in [1.807, 2.05) is 18.4 Å². The number of benzene rings is 1. The number of rotatable bonds is 3. The Balaban J connectivity index is 2.46. The molecule has 96 valence electrons. The fraction of sp³-hybridized carbons (Fsp3) is 0.333. The molecular weight excluding hydrogens is 306 g/mol. The van der Waals surface area contributed by atoms with Crippen molar-refractivity contribution in [3.63, 3.8) is 0 Å². The zero-order valence-corrected chi connectivity index (χ0v) is 13.6. The summed E-state index contributed by atoms with van der Waals surface area (Å²) in [5.74, 6) is 0. The van der Waals surface area contributed by atoms with Gasteiger partial charge in [-0.15, -0.1) is 11.3 Å². The van der Waals surface area contributed by atoms with Gasteiger partial charge in [-0.2, -0.15) is 0 Å². The monoisotopic (exact) mass is 323 g/mol. The lowest BCUT2D eigenvalue weighted by Gasteiger charge is -2.09. The van der Waals surface area contributed by atoms with Crippen LogP contribution in [0.1, 0.15) is 29.0 Å². The Morgan fingerprint density at radius 2 is 1.94 bits per heavy atom. The van der Waals surface area contributed by atoms with Gasteiger partial charge in [0.25, 0.3) is 0 Å². The van der Waals surface area contributed by atoms with Crippen LogP contribution in [0.4, 0.5) is 0 Å². The quantitative estimate of drug-likeness (QED) is 0.831. The van der Waals surface area contributed by atoms with Gasteiger partial charge in [-0.3, -0.25) is 0 Å². The predicted octanol–water partition coefficient (Wildman–Crippen LogP) is 5.07. The van der Waals surface area contributed by atoms with Gasteiger partial charge in [-0.05, 0) is 57.1 Å². The van der Waals surface area contributed by atoms with Gasteiger partial charge in [0.1, 0.15) is 0 Å². The molecule has 1 unspecified atom stereocenters. The number of hydrogen-bond donors (Lipinski definition) is 1. The van der Waals surface area contributed by atoms with E-state index in [1.165, 1.54) is 30.9 Å². The average Bonchev–Trinajstić information content (AvgIpc) is 2.76. The van der Waals surface area contributed by atoms with Crippen molar-refractivity contribution in [3.8, 4) is 10.4 Å². The van der Waals surface area contributed by atoms with Crippen LogP contribution in [0.15, 0.2) is 28.7 Å². The predicted molar refractivity (Wildman–Crippen MR) is 84.4 cm³/mol. The highest BCUT2D eigenvalue weighted by atomic mass is 79.9. The highest BCUT2D eigenvalue weighted by molar-refractivity contribution is 9.10. The van der Waals surface area contributed by atoms with Crippen LogP contribution in [0.25, 0.3) is 10.4 Å². The van der Waals surface area contributed by atoms with Crippen LogP contribution < -0.4 is 5.32 Å². The van der Waals surface area contributed by atoms with Crippen molar-refractivity contribution in [2.45, 2.75) is 26.8 Å². The zero-order chi connectivity index (χ0) is 13.3. The van der Waals surface area contributed by atoms with Crippen molar-refractivity contribution in [2.24, 2.45) is 0 Å². The van der Waals surface area contributed by atoms with Gasteiger partial charge in [0, 0.05) is 25.8 Å². The normalized spacial score (nSPS) is 12.7. The van der Waals surface area contributed by atoms with Crippen molar-refractivity contribution < 1.29 is 0 Å². The minimum atomic E-state index is 0.410. The van der Waals surface area contributed by atoms with Gasteiger partial charge >= 0.3 is 0 Å². The Kier molecular flexibility index (Phi) is 4.25. The van der Waals surface area contributed by atoms with Crippen LogP contribution in [0, 0.1) is 13.8 Å². The molecule has 1 N–H and O–H groups in total. The van der Waals surface area contributed by atoms with Crippen LogP contribution in [0.3, 0.4) is 0 Å². The van der Waals surface area contributed by atoms with E-state index in [0.717, 1.165) is 0 Å². The summed E-state index contributed by atoms with van der Waals surface area (Å²) >= 11 is 5.55. The molecule has 0 aliphatic carbocycles. The molecule has 0 aliphatic heterocycles. The molecule has 2 rings (SSSR count). The Labute approximate surface area is 121 Å². The van der Waals surface area contributed by atoms with Gasteiger partial charge in [-0.25, -0.2) is 0 Å². The number of thiophene rings is 1. The molecule has 0 saturated carbocycles. The van der Waals surface area contributed by atoms with E-state index >= 15 is 0 Å². The Morgan fingerprint density at radius 1 is 1.22 bits per heavy atom. The first-order valence-corrected chi connectivity index (χ1v) is 7.68. The smallest absolute Gasteiger partial charge is 0.0383 e. The molecule has 0 saturated heterocycles. The Morgan fingerprint density at radius 3 is 2.56 bits per heavy atom. The van der Waals surface area contributed by atoms with Gasteiger partial charge in [0.15, 0.2) is 0 Å². The molecule has 2 aromatic rings. The second-order valence-electron chi connectivity index (χ2n) is 4.65. The van der Waals surface area contributed by atoms with Gasteiger partial charge in [-0.1, -0.05) is 22.0 Å². The molecule has 0 bridgehead atoms. The molecule has 0 spiro atoms. The van der Waals surface area contributed by atoms with E-state index in [9.17, 15) is 0 Å². The molecule has 1 atom stereocenters. The van der Waals surface area contributed by atoms with Crippen molar-refractivity contribution in [1.29, 1.82) is 0 Å². The average molecular weight is 324 g/mol. The van der Waals surface area contributed by atoms with Crippen LogP contribution in [-0.4, -0.2) is 7.05 Å². The van der Waals surface area contributed by atoms with Gasteiger partial charge in [0.2, 0.25) is 0 Å². The summed E-state index contributed by atoms with van der Waals surface area (Å²) in [6.07, 6.45) is 0. The van der Waals surface area contributed by atoms with Crippen LogP contribution in [0.5, 0.6) is 0 Å². The number of aryl methyl sites for hydroxylation is 2. The lowest BCUT2D eigenvalue weighted by Crippen LogP contribution is -2.10. The molecule has 1 aromatic heterocycles.